The van der Waals surface area contributed by atoms with Crippen LogP contribution >= 0.6 is 0 Å². The Morgan fingerprint density at radius 1 is 0.973 bits per heavy atom. The Morgan fingerprint density at radius 2 is 1.73 bits per heavy atom. The molecule has 0 unspecified atom stereocenters. The van der Waals surface area contributed by atoms with E-state index in [1.54, 1.807) is 45.4 Å². The number of fused-ring (bicyclic) bond motifs is 1. The number of para-hydroxylation sites is 1. The lowest BCUT2D eigenvalue weighted by Gasteiger charge is -2.24. The molecule has 0 aliphatic heterocycles. The Bertz CT molecular complexity index is 1520. The van der Waals surface area contributed by atoms with Crippen molar-refractivity contribution < 1.29 is 19.1 Å². The lowest BCUT2D eigenvalue weighted by Crippen LogP contribution is -2.31. The largest absolute Gasteiger partial charge is 0.494 e. The molecule has 1 aromatic heterocycles. The molecule has 0 atom stereocenters. The molecule has 190 valence electrons. The molecule has 3 amide bonds. The van der Waals surface area contributed by atoms with Gasteiger partial charge in [-0.25, -0.2) is 4.98 Å². The first-order chi connectivity index (χ1) is 17.7. The van der Waals surface area contributed by atoms with Crippen LogP contribution in [0.15, 0.2) is 48.5 Å². The molecule has 0 aliphatic carbocycles. The summed E-state index contributed by atoms with van der Waals surface area (Å²) in [5.74, 6) is 0.454. The van der Waals surface area contributed by atoms with E-state index in [4.69, 9.17) is 4.74 Å². The number of H-pyrrole nitrogens is 1. The summed E-state index contributed by atoms with van der Waals surface area (Å²) in [7, 11) is 6.40. The maximum absolute atomic E-state index is 13.8. The van der Waals surface area contributed by atoms with Crippen LogP contribution in [0.2, 0.25) is 0 Å². The third-order valence-corrected chi connectivity index (χ3v) is 6.17. The van der Waals surface area contributed by atoms with Crippen LogP contribution in [0, 0.1) is 13.8 Å². The summed E-state index contributed by atoms with van der Waals surface area (Å²) < 4.78 is 5.73. The van der Waals surface area contributed by atoms with Crippen molar-refractivity contribution in [2.75, 3.05) is 38.5 Å². The van der Waals surface area contributed by atoms with E-state index in [1.165, 1.54) is 16.9 Å². The Balaban J connectivity index is 1.86. The first-order valence-corrected chi connectivity index (χ1v) is 11.6. The minimum absolute atomic E-state index is 0.212. The summed E-state index contributed by atoms with van der Waals surface area (Å²) in [6, 6.07) is 14.5. The molecule has 0 spiro atoms. The standard InChI is InChI=1S/C28H29N5O4/c1-16-10-13-23(21(14-16)27(35)32(3)4)33(5)28(36)20-12-11-19(26(37-6)25(20)29-15-34)18-8-7-9-22-24(18)31-17(2)30-22/h7-15H,1-6H3,(H,29,34)(H,30,31). The van der Waals surface area contributed by atoms with E-state index in [0.717, 1.165) is 28.0 Å². The second-order valence-corrected chi connectivity index (χ2v) is 8.94. The maximum Gasteiger partial charge on any atom is 0.260 e. The second kappa shape index (κ2) is 10.1. The molecule has 2 N–H and O–H groups in total. The zero-order valence-electron chi connectivity index (χ0n) is 21.7. The fourth-order valence-electron chi connectivity index (χ4n) is 4.40. The highest BCUT2D eigenvalue weighted by molar-refractivity contribution is 6.14. The number of carbonyl (C=O) groups is 3. The highest BCUT2D eigenvalue weighted by Crippen LogP contribution is 2.41. The van der Waals surface area contributed by atoms with E-state index in [-0.39, 0.29) is 17.2 Å². The predicted octanol–water partition coefficient (Wildman–Crippen LogP) is 4.40. The minimum atomic E-state index is -0.417. The Labute approximate surface area is 215 Å². The molecule has 0 saturated heterocycles. The van der Waals surface area contributed by atoms with Crippen LogP contribution in [0.4, 0.5) is 11.4 Å². The average Bonchev–Trinajstić information content (AvgIpc) is 3.27. The van der Waals surface area contributed by atoms with E-state index in [1.807, 2.05) is 38.1 Å². The number of methoxy groups -OCH3 is 1. The molecule has 4 rings (SSSR count). The molecule has 0 saturated carbocycles. The van der Waals surface area contributed by atoms with Crippen molar-refractivity contribution in [3.63, 3.8) is 0 Å². The van der Waals surface area contributed by atoms with Gasteiger partial charge in [-0.3, -0.25) is 14.4 Å². The van der Waals surface area contributed by atoms with Crippen LogP contribution in [-0.4, -0.2) is 61.3 Å². The van der Waals surface area contributed by atoms with Crippen molar-refractivity contribution in [2.24, 2.45) is 0 Å². The van der Waals surface area contributed by atoms with Crippen LogP contribution < -0.4 is 15.0 Å². The Hall–Kier alpha value is -4.66. The normalized spacial score (nSPS) is 10.8. The van der Waals surface area contributed by atoms with E-state index in [2.05, 4.69) is 15.3 Å². The lowest BCUT2D eigenvalue weighted by molar-refractivity contribution is -0.105. The summed E-state index contributed by atoms with van der Waals surface area (Å²) in [5.41, 5.74) is 5.25. The zero-order chi connectivity index (χ0) is 26.9. The van der Waals surface area contributed by atoms with Gasteiger partial charge in [0.1, 0.15) is 5.82 Å². The summed E-state index contributed by atoms with van der Waals surface area (Å²) in [5, 5.41) is 2.65. The van der Waals surface area contributed by atoms with Crippen LogP contribution in [0.1, 0.15) is 32.1 Å². The summed E-state index contributed by atoms with van der Waals surface area (Å²) in [6.07, 6.45) is 0.505. The number of hydrogen-bond acceptors (Lipinski definition) is 5. The molecular weight excluding hydrogens is 470 g/mol. The Kier molecular flexibility index (Phi) is 6.97. The van der Waals surface area contributed by atoms with Gasteiger partial charge in [-0.05, 0) is 44.2 Å². The first kappa shape index (κ1) is 25.4. The van der Waals surface area contributed by atoms with Crippen LogP contribution in [0.25, 0.3) is 22.2 Å². The number of carbonyl (C=O) groups excluding carboxylic acids is 3. The lowest BCUT2D eigenvalue weighted by atomic mass is 9.98. The minimum Gasteiger partial charge on any atom is -0.494 e. The maximum atomic E-state index is 13.8. The van der Waals surface area contributed by atoms with Gasteiger partial charge in [0.05, 0.1) is 40.6 Å². The van der Waals surface area contributed by atoms with E-state index in [9.17, 15) is 14.4 Å². The third-order valence-electron chi connectivity index (χ3n) is 6.17. The number of rotatable bonds is 7. The number of imidazole rings is 1. The van der Waals surface area contributed by atoms with Crippen molar-refractivity contribution >= 4 is 40.6 Å². The number of ether oxygens (including phenoxy) is 1. The number of aromatic amines is 1. The van der Waals surface area contributed by atoms with E-state index >= 15 is 0 Å². The van der Waals surface area contributed by atoms with Gasteiger partial charge in [0.25, 0.3) is 11.8 Å². The van der Waals surface area contributed by atoms with Gasteiger partial charge < -0.3 is 24.8 Å². The van der Waals surface area contributed by atoms with Crippen LogP contribution in [0.5, 0.6) is 5.75 Å². The number of anilines is 2. The fourth-order valence-corrected chi connectivity index (χ4v) is 4.40. The van der Waals surface area contributed by atoms with Crippen molar-refractivity contribution in [3.8, 4) is 16.9 Å². The SMILES string of the molecule is COc1c(-c2cccc3[nH]c(C)nc23)ccc(C(=O)N(C)c2ccc(C)cc2C(=O)N(C)C)c1NC=O. The molecule has 0 aliphatic rings. The number of hydrogen-bond donors (Lipinski definition) is 2. The third kappa shape index (κ3) is 4.63. The number of nitrogens with zero attached hydrogens (tertiary/aromatic N) is 3. The van der Waals surface area contributed by atoms with E-state index in [0.29, 0.717) is 29.0 Å². The van der Waals surface area contributed by atoms with Crippen molar-refractivity contribution in [1.82, 2.24) is 14.9 Å². The van der Waals surface area contributed by atoms with Crippen LogP contribution in [0.3, 0.4) is 0 Å². The smallest absolute Gasteiger partial charge is 0.260 e. The molecule has 4 aromatic rings. The Morgan fingerprint density at radius 3 is 2.41 bits per heavy atom. The number of benzene rings is 3. The van der Waals surface area contributed by atoms with Gasteiger partial charge in [-0.1, -0.05) is 23.8 Å². The van der Waals surface area contributed by atoms with Crippen molar-refractivity contribution in [1.29, 1.82) is 0 Å². The summed E-state index contributed by atoms with van der Waals surface area (Å²) >= 11 is 0. The molecule has 9 nitrogen and oxygen atoms in total. The molecule has 0 radical (unpaired) electrons. The molecule has 9 heteroatoms. The quantitative estimate of drug-likeness (QED) is 0.367. The first-order valence-electron chi connectivity index (χ1n) is 11.6. The molecule has 3 aromatic carbocycles. The number of amides is 3. The highest BCUT2D eigenvalue weighted by Gasteiger charge is 2.26. The number of aryl methyl sites for hydroxylation is 2. The van der Waals surface area contributed by atoms with E-state index < -0.39 is 5.91 Å². The van der Waals surface area contributed by atoms with Gasteiger partial charge in [-0.15, -0.1) is 0 Å². The molecule has 0 fully saturated rings. The fraction of sp³-hybridized carbons (Fsp3) is 0.214. The molecule has 0 bridgehead atoms. The monoisotopic (exact) mass is 499 g/mol. The molecular formula is C28H29N5O4. The average molecular weight is 500 g/mol. The zero-order valence-corrected chi connectivity index (χ0v) is 21.7. The highest BCUT2D eigenvalue weighted by atomic mass is 16.5. The van der Waals surface area contributed by atoms with Gasteiger partial charge in [-0.2, -0.15) is 0 Å². The van der Waals surface area contributed by atoms with Gasteiger partial charge >= 0.3 is 0 Å². The molecule has 37 heavy (non-hydrogen) atoms. The summed E-state index contributed by atoms with van der Waals surface area (Å²) in [6.45, 7) is 3.76. The van der Waals surface area contributed by atoms with Gasteiger partial charge in [0, 0.05) is 32.3 Å². The van der Waals surface area contributed by atoms with Gasteiger partial charge in [0.15, 0.2) is 5.75 Å². The molecule has 1 heterocycles. The summed E-state index contributed by atoms with van der Waals surface area (Å²) in [4.78, 5) is 48.9. The second-order valence-electron chi connectivity index (χ2n) is 8.94. The number of aromatic nitrogens is 2. The van der Waals surface area contributed by atoms with Crippen molar-refractivity contribution in [2.45, 2.75) is 13.8 Å². The number of nitrogens with one attached hydrogen (secondary N) is 2. The topological polar surface area (TPSA) is 108 Å². The van der Waals surface area contributed by atoms with Crippen LogP contribution in [-0.2, 0) is 4.79 Å². The van der Waals surface area contributed by atoms with Gasteiger partial charge in [0.2, 0.25) is 6.41 Å². The van der Waals surface area contributed by atoms with Crippen molar-refractivity contribution in [3.05, 3.63) is 71.0 Å². The predicted molar refractivity (Wildman–Crippen MR) is 144 cm³/mol.